The number of fused-ring (bicyclic) bond motifs is 1. The Bertz CT molecular complexity index is 1240. The van der Waals surface area contributed by atoms with Crippen LogP contribution in [0.4, 0.5) is 17.1 Å². The first-order valence-corrected chi connectivity index (χ1v) is 10.0. The van der Waals surface area contributed by atoms with E-state index >= 15 is 0 Å². The zero-order valence-corrected chi connectivity index (χ0v) is 16.5. The molecule has 1 fully saturated rings. The minimum Gasteiger partial charge on any atom is -0.370 e. The van der Waals surface area contributed by atoms with Gasteiger partial charge in [-0.05, 0) is 49.2 Å². The molecule has 0 aliphatic carbocycles. The Morgan fingerprint density at radius 2 is 1.93 bits per heavy atom. The summed E-state index contributed by atoms with van der Waals surface area (Å²) >= 11 is 6.56. The third-order valence-electron chi connectivity index (χ3n) is 5.29. The monoisotopic (exact) mass is 405 g/mol. The lowest BCUT2D eigenvalue weighted by molar-refractivity contribution is 0.949. The summed E-state index contributed by atoms with van der Waals surface area (Å²) in [5.41, 5.74) is 5.25. The zero-order valence-electron chi connectivity index (χ0n) is 15.7. The predicted molar refractivity (Wildman–Crippen MR) is 117 cm³/mol. The molecule has 1 aliphatic rings. The summed E-state index contributed by atoms with van der Waals surface area (Å²) < 4.78 is 1.97. The molecule has 0 atom stereocenters. The molecule has 0 bridgehead atoms. The number of benzene rings is 1. The fourth-order valence-corrected chi connectivity index (χ4v) is 4.21. The van der Waals surface area contributed by atoms with Crippen molar-refractivity contribution in [2.45, 2.75) is 12.8 Å². The average Bonchev–Trinajstić information content (AvgIpc) is 3.41. The number of hydrogen-bond acceptors (Lipinski definition) is 4. The van der Waals surface area contributed by atoms with Crippen LogP contribution in [-0.2, 0) is 0 Å². The summed E-state index contributed by atoms with van der Waals surface area (Å²) in [7, 11) is 0. The Balaban J connectivity index is 1.49. The van der Waals surface area contributed by atoms with Crippen LogP contribution in [-0.4, -0.2) is 27.5 Å². The molecule has 0 unspecified atom stereocenters. The van der Waals surface area contributed by atoms with Crippen molar-refractivity contribution in [2.24, 2.45) is 0 Å². The maximum Gasteiger partial charge on any atom is 0.248 e. The molecular formula is C22H20ClN5O. The molecule has 146 valence electrons. The van der Waals surface area contributed by atoms with Gasteiger partial charge in [-0.2, -0.15) is 0 Å². The topological polar surface area (TPSA) is 65.4 Å². The number of nitrogens with zero attached hydrogens (tertiary/aromatic N) is 3. The largest absolute Gasteiger partial charge is 0.370 e. The maximum atomic E-state index is 11.7. The quantitative estimate of drug-likeness (QED) is 0.517. The van der Waals surface area contributed by atoms with Gasteiger partial charge in [0, 0.05) is 49.0 Å². The van der Waals surface area contributed by atoms with Gasteiger partial charge in [0.25, 0.3) is 0 Å². The van der Waals surface area contributed by atoms with Crippen LogP contribution in [0.25, 0.3) is 16.9 Å². The third-order valence-corrected chi connectivity index (χ3v) is 5.60. The van der Waals surface area contributed by atoms with Gasteiger partial charge in [-0.25, -0.2) is 4.98 Å². The molecule has 1 aromatic carbocycles. The van der Waals surface area contributed by atoms with Gasteiger partial charge in [0.1, 0.15) is 0 Å². The number of hydrogen-bond donors (Lipinski definition) is 2. The predicted octanol–water partition coefficient (Wildman–Crippen LogP) is 4.69. The van der Waals surface area contributed by atoms with Crippen LogP contribution in [0.1, 0.15) is 12.8 Å². The third kappa shape index (κ3) is 3.36. The Morgan fingerprint density at radius 1 is 1.07 bits per heavy atom. The summed E-state index contributed by atoms with van der Waals surface area (Å²) in [6.45, 7) is 2.12. The Labute approximate surface area is 172 Å². The van der Waals surface area contributed by atoms with Crippen molar-refractivity contribution >= 4 is 34.3 Å². The smallest absolute Gasteiger partial charge is 0.248 e. The highest BCUT2D eigenvalue weighted by molar-refractivity contribution is 6.33. The molecule has 0 spiro atoms. The second-order valence-corrected chi connectivity index (χ2v) is 7.59. The molecule has 3 aromatic heterocycles. The minimum atomic E-state index is -0.134. The van der Waals surface area contributed by atoms with E-state index in [-0.39, 0.29) is 5.56 Å². The van der Waals surface area contributed by atoms with Gasteiger partial charge in [-0.1, -0.05) is 11.6 Å². The Hall–Kier alpha value is -3.25. The molecule has 2 N–H and O–H groups in total. The van der Waals surface area contributed by atoms with E-state index in [2.05, 4.69) is 26.3 Å². The summed E-state index contributed by atoms with van der Waals surface area (Å²) in [4.78, 5) is 21.2. The zero-order chi connectivity index (χ0) is 19.8. The van der Waals surface area contributed by atoms with Crippen molar-refractivity contribution in [3.8, 4) is 11.3 Å². The summed E-state index contributed by atoms with van der Waals surface area (Å²) in [6, 6.07) is 13.5. The van der Waals surface area contributed by atoms with Gasteiger partial charge in [-0.3, -0.25) is 9.20 Å². The fourth-order valence-electron chi connectivity index (χ4n) is 3.91. The van der Waals surface area contributed by atoms with Crippen molar-refractivity contribution in [1.29, 1.82) is 0 Å². The first kappa shape index (κ1) is 17.8. The van der Waals surface area contributed by atoms with Crippen LogP contribution < -0.4 is 15.8 Å². The first-order chi connectivity index (χ1) is 14.2. The highest BCUT2D eigenvalue weighted by Gasteiger charge is 2.16. The van der Waals surface area contributed by atoms with Gasteiger partial charge in [0.15, 0.2) is 5.65 Å². The molecule has 4 heterocycles. The molecule has 0 amide bonds. The average molecular weight is 406 g/mol. The second-order valence-electron chi connectivity index (χ2n) is 7.18. The van der Waals surface area contributed by atoms with E-state index in [4.69, 9.17) is 11.6 Å². The van der Waals surface area contributed by atoms with Crippen molar-refractivity contribution in [1.82, 2.24) is 14.4 Å². The van der Waals surface area contributed by atoms with Crippen LogP contribution >= 0.6 is 11.6 Å². The van der Waals surface area contributed by atoms with Crippen molar-refractivity contribution < 1.29 is 0 Å². The SMILES string of the molecule is O=c1cc(-c2ccc(Nc3ccc(N4CCCC4)c(Cl)c3)c3nccn23)cc[nH]1. The molecular weight excluding hydrogens is 386 g/mol. The molecule has 1 aliphatic heterocycles. The van der Waals surface area contributed by atoms with E-state index < -0.39 is 0 Å². The number of halogens is 1. The van der Waals surface area contributed by atoms with E-state index in [9.17, 15) is 4.79 Å². The highest BCUT2D eigenvalue weighted by atomic mass is 35.5. The Kier molecular flexibility index (Phi) is 4.48. The fraction of sp³-hybridized carbons (Fsp3) is 0.182. The molecule has 0 radical (unpaired) electrons. The number of imidazole rings is 1. The minimum absolute atomic E-state index is 0.134. The van der Waals surface area contributed by atoms with Crippen LogP contribution in [0.5, 0.6) is 0 Å². The van der Waals surface area contributed by atoms with Crippen LogP contribution in [0.2, 0.25) is 5.02 Å². The number of aromatic amines is 1. The number of aromatic nitrogens is 3. The van der Waals surface area contributed by atoms with E-state index in [0.717, 1.165) is 52.1 Å². The van der Waals surface area contributed by atoms with Gasteiger partial charge < -0.3 is 15.2 Å². The lowest BCUT2D eigenvalue weighted by atomic mass is 10.1. The number of anilines is 3. The van der Waals surface area contributed by atoms with Crippen molar-refractivity contribution in [3.63, 3.8) is 0 Å². The lowest BCUT2D eigenvalue weighted by Crippen LogP contribution is -2.17. The van der Waals surface area contributed by atoms with E-state index in [1.54, 1.807) is 18.5 Å². The number of nitrogens with one attached hydrogen (secondary N) is 2. The summed E-state index contributed by atoms with van der Waals surface area (Å²) in [5.74, 6) is 0. The summed E-state index contributed by atoms with van der Waals surface area (Å²) in [5, 5.41) is 4.17. The first-order valence-electron chi connectivity index (χ1n) is 9.66. The number of rotatable bonds is 4. The highest BCUT2D eigenvalue weighted by Crippen LogP contribution is 2.33. The van der Waals surface area contributed by atoms with Crippen molar-refractivity contribution in [3.05, 3.63) is 76.4 Å². The van der Waals surface area contributed by atoms with Gasteiger partial charge in [0.05, 0.1) is 22.1 Å². The van der Waals surface area contributed by atoms with E-state index in [1.807, 2.05) is 40.9 Å². The van der Waals surface area contributed by atoms with Gasteiger partial charge >= 0.3 is 0 Å². The van der Waals surface area contributed by atoms with Crippen LogP contribution in [0.3, 0.4) is 0 Å². The van der Waals surface area contributed by atoms with E-state index in [0.29, 0.717) is 0 Å². The van der Waals surface area contributed by atoms with Gasteiger partial charge in [-0.15, -0.1) is 0 Å². The van der Waals surface area contributed by atoms with Crippen molar-refractivity contribution in [2.75, 3.05) is 23.3 Å². The normalized spacial score (nSPS) is 13.9. The second kappa shape index (κ2) is 7.29. The molecule has 7 heteroatoms. The molecule has 6 nitrogen and oxygen atoms in total. The lowest BCUT2D eigenvalue weighted by Gasteiger charge is -2.20. The van der Waals surface area contributed by atoms with Crippen LogP contribution in [0, 0.1) is 0 Å². The van der Waals surface area contributed by atoms with Gasteiger partial charge in [0.2, 0.25) is 5.56 Å². The molecule has 1 saturated heterocycles. The molecule has 29 heavy (non-hydrogen) atoms. The maximum absolute atomic E-state index is 11.7. The molecule has 0 saturated carbocycles. The van der Waals surface area contributed by atoms with Crippen LogP contribution in [0.15, 0.2) is 65.8 Å². The number of pyridine rings is 2. The Morgan fingerprint density at radius 3 is 2.72 bits per heavy atom. The molecule has 5 rings (SSSR count). The standard InChI is InChI=1S/C22H20ClN5O/c23-17-14-16(3-5-20(17)27-10-1-2-11-27)26-18-4-6-19(28-12-9-25-22(18)28)15-7-8-24-21(29)13-15/h3-9,12-14,26H,1-2,10-11H2,(H,24,29). The number of H-pyrrole nitrogens is 1. The molecule has 4 aromatic rings. The van der Waals surface area contributed by atoms with E-state index in [1.165, 1.54) is 12.8 Å². The summed E-state index contributed by atoms with van der Waals surface area (Å²) in [6.07, 6.45) is 7.72.